The number of amides is 1. The zero-order valence-corrected chi connectivity index (χ0v) is 16.8. The summed E-state index contributed by atoms with van der Waals surface area (Å²) in [6.07, 6.45) is 6.20. The van der Waals surface area contributed by atoms with E-state index < -0.39 is 5.60 Å². The van der Waals surface area contributed by atoms with E-state index in [4.69, 9.17) is 4.74 Å². The second-order valence-electron chi connectivity index (χ2n) is 8.26. The largest absolute Gasteiger partial charge is 0.487 e. The lowest BCUT2D eigenvalue weighted by molar-refractivity contribution is -0.119. The van der Waals surface area contributed by atoms with E-state index in [1.54, 1.807) is 6.20 Å². The molecule has 6 heteroatoms. The van der Waals surface area contributed by atoms with Gasteiger partial charge in [-0.15, -0.1) is 0 Å². The van der Waals surface area contributed by atoms with Crippen molar-refractivity contribution in [3.8, 4) is 16.9 Å². The Morgan fingerprint density at radius 1 is 1.29 bits per heavy atom. The van der Waals surface area contributed by atoms with E-state index in [-0.39, 0.29) is 11.8 Å². The molecule has 1 aromatic carbocycles. The predicted octanol–water partition coefficient (Wildman–Crippen LogP) is 3.97. The van der Waals surface area contributed by atoms with Crippen molar-refractivity contribution >= 4 is 16.8 Å². The Morgan fingerprint density at radius 2 is 2.11 bits per heavy atom. The van der Waals surface area contributed by atoms with E-state index in [0.717, 1.165) is 27.8 Å². The minimum atomic E-state index is -0.483. The average molecular weight is 378 g/mol. The summed E-state index contributed by atoms with van der Waals surface area (Å²) in [6, 6.07) is 8.36. The van der Waals surface area contributed by atoms with Crippen molar-refractivity contribution < 1.29 is 9.53 Å². The van der Waals surface area contributed by atoms with Gasteiger partial charge in [-0.05, 0) is 57.5 Å². The van der Waals surface area contributed by atoms with Crippen LogP contribution in [0.4, 0.5) is 0 Å². The summed E-state index contributed by atoms with van der Waals surface area (Å²) in [7, 11) is 0. The van der Waals surface area contributed by atoms with E-state index in [0.29, 0.717) is 19.0 Å². The molecule has 1 N–H and O–H groups in total. The monoisotopic (exact) mass is 378 g/mol. The molecule has 0 spiro atoms. The maximum absolute atomic E-state index is 11.7. The Hall–Kier alpha value is -2.89. The molecule has 1 aliphatic heterocycles. The van der Waals surface area contributed by atoms with Crippen molar-refractivity contribution in [3.63, 3.8) is 0 Å². The number of nitrogens with zero attached hydrogens (tertiary/aromatic N) is 3. The Kier molecular flexibility index (Phi) is 4.57. The van der Waals surface area contributed by atoms with Crippen LogP contribution in [0.1, 0.15) is 40.2 Å². The molecule has 0 unspecified atom stereocenters. The maximum atomic E-state index is 11.7. The predicted molar refractivity (Wildman–Crippen MR) is 109 cm³/mol. The van der Waals surface area contributed by atoms with Crippen LogP contribution >= 0.6 is 0 Å². The number of nitrogens with one attached hydrogen (secondary N) is 1. The molecule has 1 amide bonds. The molecule has 2 aromatic heterocycles. The minimum absolute atomic E-state index is 0.0862. The number of aromatic nitrogens is 3. The van der Waals surface area contributed by atoms with Crippen LogP contribution in [-0.2, 0) is 4.79 Å². The fourth-order valence-corrected chi connectivity index (χ4v) is 3.63. The highest BCUT2D eigenvalue weighted by molar-refractivity contribution is 5.90. The van der Waals surface area contributed by atoms with E-state index in [2.05, 4.69) is 41.4 Å². The molecule has 1 fully saturated rings. The van der Waals surface area contributed by atoms with Crippen molar-refractivity contribution in [2.24, 2.45) is 5.92 Å². The standard InChI is InChI=1S/C22H26N4O2/c1-14(2)26-13-16(11-25-26)15-8-19-18(6-5-7-23-19)20(9-15)28-22(3,4)17-10-21(27)24-12-17/h5-9,11,13-14,17H,10,12H2,1-4H3,(H,24,27)/t17-/m1/s1. The van der Waals surface area contributed by atoms with Crippen molar-refractivity contribution in [3.05, 3.63) is 42.9 Å². The highest BCUT2D eigenvalue weighted by Gasteiger charge is 2.37. The van der Waals surface area contributed by atoms with Gasteiger partial charge in [0, 0.05) is 48.3 Å². The molecule has 0 bridgehead atoms. The van der Waals surface area contributed by atoms with Crippen LogP contribution < -0.4 is 10.1 Å². The molecule has 146 valence electrons. The number of carbonyl (C=O) groups excluding carboxylic acids is 1. The number of carbonyl (C=O) groups is 1. The van der Waals surface area contributed by atoms with Gasteiger partial charge in [-0.2, -0.15) is 5.10 Å². The molecule has 1 atom stereocenters. The zero-order chi connectivity index (χ0) is 19.9. The molecule has 1 aliphatic rings. The van der Waals surface area contributed by atoms with Crippen LogP contribution in [0.2, 0.25) is 0 Å². The lowest BCUT2D eigenvalue weighted by atomic mass is 9.89. The Labute approximate surface area is 164 Å². The third-order valence-corrected chi connectivity index (χ3v) is 5.48. The summed E-state index contributed by atoms with van der Waals surface area (Å²) < 4.78 is 8.45. The Bertz CT molecular complexity index is 1020. The SMILES string of the molecule is CC(C)n1cc(-c2cc(OC(C)(C)[C@H]3CNC(=O)C3)c3cccnc3c2)cn1. The summed E-state index contributed by atoms with van der Waals surface area (Å²) in [5.74, 6) is 0.990. The molecule has 0 radical (unpaired) electrons. The molecule has 3 heterocycles. The topological polar surface area (TPSA) is 69.0 Å². The summed E-state index contributed by atoms with van der Waals surface area (Å²) in [5, 5.41) is 8.33. The molecule has 1 saturated heterocycles. The van der Waals surface area contributed by atoms with Crippen molar-refractivity contribution in [2.75, 3.05) is 6.54 Å². The van der Waals surface area contributed by atoms with Gasteiger partial charge in [0.2, 0.25) is 5.91 Å². The number of hydrogen-bond donors (Lipinski definition) is 1. The van der Waals surface area contributed by atoms with Gasteiger partial charge in [-0.1, -0.05) is 0 Å². The van der Waals surface area contributed by atoms with Gasteiger partial charge >= 0.3 is 0 Å². The van der Waals surface area contributed by atoms with Crippen LogP contribution in [0, 0.1) is 5.92 Å². The first-order valence-corrected chi connectivity index (χ1v) is 9.72. The van der Waals surface area contributed by atoms with Gasteiger partial charge < -0.3 is 10.1 Å². The molecule has 28 heavy (non-hydrogen) atoms. The Morgan fingerprint density at radius 3 is 2.79 bits per heavy atom. The van der Waals surface area contributed by atoms with Gasteiger partial charge in [0.25, 0.3) is 0 Å². The smallest absolute Gasteiger partial charge is 0.220 e. The van der Waals surface area contributed by atoms with Crippen LogP contribution in [0.15, 0.2) is 42.9 Å². The number of fused-ring (bicyclic) bond motifs is 1. The average Bonchev–Trinajstić information content (AvgIpc) is 3.31. The normalized spacial score (nSPS) is 17.3. The van der Waals surface area contributed by atoms with Gasteiger partial charge in [0.15, 0.2) is 0 Å². The first kappa shape index (κ1) is 18.5. The summed E-state index contributed by atoms with van der Waals surface area (Å²) >= 11 is 0. The van der Waals surface area contributed by atoms with Gasteiger partial charge in [0.1, 0.15) is 11.4 Å². The first-order valence-electron chi connectivity index (χ1n) is 9.72. The lowest BCUT2D eigenvalue weighted by Crippen LogP contribution is -2.38. The second kappa shape index (κ2) is 6.93. The Balaban J connectivity index is 1.75. The van der Waals surface area contributed by atoms with Crippen LogP contribution in [0.3, 0.4) is 0 Å². The van der Waals surface area contributed by atoms with E-state index in [1.807, 2.05) is 43.1 Å². The lowest BCUT2D eigenvalue weighted by Gasteiger charge is -2.32. The molecule has 4 rings (SSSR count). The first-order chi connectivity index (χ1) is 13.3. The zero-order valence-electron chi connectivity index (χ0n) is 16.8. The number of hydrogen-bond acceptors (Lipinski definition) is 4. The quantitative estimate of drug-likeness (QED) is 0.729. The van der Waals surface area contributed by atoms with Gasteiger partial charge in [-0.25, -0.2) is 0 Å². The summed E-state index contributed by atoms with van der Waals surface area (Å²) in [5.41, 5.74) is 2.44. The van der Waals surface area contributed by atoms with Crippen molar-refractivity contribution in [1.29, 1.82) is 0 Å². The van der Waals surface area contributed by atoms with Crippen molar-refractivity contribution in [2.45, 2.75) is 45.8 Å². The third kappa shape index (κ3) is 3.46. The fourth-order valence-electron chi connectivity index (χ4n) is 3.63. The molecular formula is C22H26N4O2. The molecule has 0 aliphatic carbocycles. The fraction of sp³-hybridized carbons (Fsp3) is 0.409. The van der Waals surface area contributed by atoms with E-state index in [9.17, 15) is 4.79 Å². The van der Waals surface area contributed by atoms with E-state index in [1.165, 1.54) is 0 Å². The highest BCUT2D eigenvalue weighted by Crippen LogP contribution is 2.36. The maximum Gasteiger partial charge on any atom is 0.220 e. The highest BCUT2D eigenvalue weighted by atomic mass is 16.5. The third-order valence-electron chi connectivity index (χ3n) is 5.48. The van der Waals surface area contributed by atoms with Gasteiger partial charge in [-0.3, -0.25) is 14.5 Å². The van der Waals surface area contributed by atoms with Crippen LogP contribution in [0.25, 0.3) is 22.0 Å². The molecule has 3 aromatic rings. The van der Waals surface area contributed by atoms with Crippen LogP contribution in [0.5, 0.6) is 5.75 Å². The number of rotatable bonds is 5. The molecular weight excluding hydrogens is 352 g/mol. The molecule has 0 saturated carbocycles. The number of ether oxygens (including phenoxy) is 1. The summed E-state index contributed by atoms with van der Waals surface area (Å²) in [4.78, 5) is 16.2. The number of pyridine rings is 1. The molecule has 6 nitrogen and oxygen atoms in total. The minimum Gasteiger partial charge on any atom is -0.487 e. The van der Waals surface area contributed by atoms with Crippen LogP contribution in [-0.4, -0.2) is 32.8 Å². The second-order valence-corrected chi connectivity index (χ2v) is 8.26. The number of benzene rings is 1. The van der Waals surface area contributed by atoms with E-state index >= 15 is 0 Å². The summed E-state index contributed by atoms with van der Waals surface area (Å²) in [6.45, 7) is 8.94. The van der Waals surface area contributed by atoms with Gasteiger partial charge in [0.05, 0.1) is 11.7 Å². The van der Waals surface area contributed by atoms with Crippen molar-refractivity contribution in [1.82, 2.24) is 20.1 Å².